The van der Waals surface area contributed by atoms with E-state index in [9.17, 15) is 4.79 Å². The van der Waals surface area contributed by atoms with E-state index in [-0.39, 0.29) is 11.8 Å². The number of rotatable bonds is 3. The number of aromatic nitrogens is 2. The monoisotopic (exact) mass is 284 g/mol. The van der Waals surface area contributed by atoms with E-state index >= 15 is 0 Å². The average molecular weight is 284 g/mol. The molecule has 0 aliphatic heterocycles. The minimum Gasteiger partial charge on any atom is -0.468 e. The Hall–Kier alpha value is -2.43. The molecule has 0 amide bonds. The summed E-state index contributed by atoms with van der Waals surface area (Å²) in [6.07, 6.45) is 5.92. The van der Waals surface area contributed by atoms with E-state index in [2.05, 4.69) is 26.8 Å². The number of aryl methyl sites for hydroxylation is 1. The standard InChI is InChI=1S/C16H16N2O3/c1-20-16(19)13-9-17-10-15(18-13)21-14-8-4-6-11-5-2-3-7-12(11)14/h2-3,5,7,9-10,14H,4,6,8H2,1H3. The molecule has 2 aromatic rings. The van der Waals surface area contributed by atoms with Crippen molar-refractivity contribution in [2.75, 3.05) is 7.11 Å². The third-order valence-electron chi connectivity index (χ3n) is 3.58. The van der Waals surface area contributed by atoms with Crippen LogP contribution in [-0.2, 0) is 11.2 Å². The van der Waals surface area contributed by atoms with E-state index in [0.29, 0.717) is 5.88 Å². The third kappa shape index (κ3) is 2.86. The molecular formula is C16H16N2O3. The Bertz CT molecular complexity index is 657. The first-order valence-electron chi connectivity index (χ1n) is 6.93. The summed E-state index contributed by atoms with van der Waals surface area (Å²) in [6, 6.07) is 8.26. The fourth-order valence-corrected chi connectivity index (χ4v) is 2.59. The van der Waals surface area contributed by atoms with E-state index < -0.39 is 5.97 Å². The van der Waals surface area contributed by atoms with Crippen molar-refractivity contribution in [2.24, 2.45) is 0 Å². The Morgan fingerprint density at radius 1 is 1.29 bits per heavy atom. The van der Waals surface area contributed by atoms with Crippen LogP contribution >= 0.6 is 0 Å². The molecule has 1 unspecified atom stereocenters. The average Bonchev–Trinajstić information content (AvgIpc) is 2.55. The molecule has 0 fully saturated rings. The molecule has 3 rings (SSSR count). The quantitative estimate of drug-likeness (QED) is 0.811. The Morgan fingerprint density at radius 3 is 3.00 bits per heavy atom. The summed E-state index contributed by atoms with van der Waals surface area (Å²) < 4.78 is 10.6. The van der Waals surface area contributed by atoms with Gasteiger partial charge in [0.1, 0.15) is 6.10 Å². The first-order valence-corrected chi connectivity index (χ1v) is 6.93. The van der Waals surface area contributed by atoms with Crippen LogP contribution in [-0.4, -0.2) is 23.0 Å². The molecule has 1 aromatic carbocycles. The van der Waals surface area contributed by atoms with Crippen LogP contribution in [0.5, 0.6) is 5.88 Å². The summed E-state index contributed by atoms with van der Waals surface area (Å²) in [5.41, 5.74) is 2.65. The van der Waals surface area contributed by atoms with Crippen molar-refractivity contribution in [1.82, 2.24) is 9.97 Å². The maximum atomic E-state index is 11.5. The molecule has 0 N–H and O–H groups in total. The van der Waals surface area contributed by atoms with Gasteiger partial charge in [-0.25, -0.2) is 9.78 Å². The van der Waals surface area contributed by atoms with Gasteiger partial charge in [-0.15, -0.1) is 0 Å². The minimum atomic E-state index is -0.517. The second-order valence-corrected chi connectivity index (χ2v) is 4.93. The number of ether oxygens (including phenoxy) is 2. The molecule has 1 aliphatic rings. The topological polar surface area (TPSA) is 61.3 Å². The minimum absolute atomic E-state index is 0.0443. The van der Waals surface area contributed by atoms with Crippen LogP contribution in [0, 0.1) is 0 Å². The number of benzene rings is 1. The maximum absolute atomic E-state index is 11.5. The predicted molar refractivity (Wildman–Crippen MR) is 76.1 cm³/mol. The smallest absolute Gasteiger partial charge is 0.358 e. The number of methoxy groups -OCH3 is 1. The van der Waals surface area contributed by atoms with E-state index in [1.807, 2.05) is 12.1 Å². The molecule has 0 radical (unpaired) electrons. The van der Waals surface area contributed by atoms with Crippen molar-refractivity contribution in [3.8, 4) is 5.88 Å². The van der Waals surface area contributed by atoms with Crippen LogP contribution in [0.2, 0.25) is 0 Å². The first kappa shape index (κ1) is 13.5. The van der Waals surface area contributed by atoms with Crippen LogP contribution in [0.3, 0.4) is 0 Å². The van der Waals surface area contributed by atoms with Crippen molar-refractivity contribution < 1.29 is 14.3 Å². The molecule has 5 heteroatoms. The molecule has 1 heterocycles. The van der Waals surface area contributed by atoms with Gasteiger partial charge in [0, 0.05) is 0 Å². The van der Waals surface area contributed by atoms with Crippen LogP contribution in [0.4, 0.5) is 0 Å². The zero-order chi connectivity index (χ0) is 14.7. The lowest BCUT2D eigenvalue weighted by atomic mass is 9.89. The first-order chi connectivity index (χ1) is 10.3. The number of hydrogen-bond acceptors (Lipinski definition) is 5. The molecule has 0 spiro atoms. The number of hydrogen-bond donors (Lipinski definition) is 0. The zero-order valence-corrected chi connectivity index (χ0v) is 11.8. The number of esters is 1. The highest BCUT2D eigenvalue weighted by Gasteiger charge is 2.22. The number of carbonyl (C=O) groups excluding carboxylic acids is 1. The van der Waals surface area contributed by atoms with Crippen molar-refractivity contribution in [2.45, 2.75) is 25.4 Å². The Kier molecular flexibility index (Phi) is 3.81. The van der Waals surface area contributed by atoms with E-state index in [1.165, 1.54) is 30.6 Å². The molecular weight excluding hydrogens is 268 g/mol. The normalized spacial score (nSPS) is 16.9. The highest BCUT2D eigenvalue weighted by molar-refractivity contribution is 5.86. The number of carbonyl (C=O) groups is 1. The molecule has 1 aromatic heterocycles. The fourth-order valence-electron chi connectivity index (χ4n) is 2.59. The molecule has 0 saturated heterocycles. The van der Waals surface area contributed by atoms with Crippen molar-refractivity contribution >= 4 is 5.97 Å². The molecule has 5 nitrogen and oxygen atoms in total. The summed E-state index contributed by atoms with van der Waals surface area (Å²) in [7, 11) is 1.31. The molecule has 108 valence electrons. The van der Waals surface area contributed by atoms with Crippen molar-refractivity contribution in [1.29, 1.82) is 0 Å². The lowest BCUT2D eigenvalue weighted by Crippen LogP contribution is -2.16. The van der Waals surface area contributed by atoms with Gasteiger partial charge in [-0.05, 0) is 30.4 Å². The Balaban J connectivity index is 1.83. The zero-order valence-electron chi connectivity index (χ0n) is 11.8. The summed E-state index contributed by atoms with van der Waals surface area (Å²) in [4.78, 5) is 19.6. The van der Waals surface area contributed by atoms with Gasteiger partial charge in [0.05, 0.1) is 19.5 Å². The highest BCUT2D eigenvalue weighted by Crippen LogP contribution is 2.32. The molecule has 21 heavy (non-hydrogen) atoms. The summed E-state index contributed by atoms with van der Waals surface area (Å²) in [5.74, 6) is -0.170. The van der Waals surface area contributed by atoms with Gasteiger partial charge in [-0.2, -0.15) is 0 Å². The summed E-state index contributed by atoms with van der Waals surface area (Å²) >= 11 is 0. The maximum Gasteiger partial charge on any atom is 0.358 e. The lowest BCUT2D eigenvalue weighted by molar-refractivity contribution is 0.0590. The fraction of sp³-hybridized carbons (Fsp3) is 0.312. The SMILES string of the molecule is COC(=O)c1cncc(OC2CCCc3ccccc32)n1. The third-order valence-corrected chi connectivity index (χ3v) is 3.58. The summed E-state index contributed by atoms with van der Waals surface area (Å²) in [5, 5.41) is 0. The number of nitrogens with zero attached hydrogens (tertiary/aromatic N) is 2. The van der Waals surface area contributed by atoms with Crippen LogP contribution in [0.15, 0.2) is 36.7 Å². The Labute approximate surface area is 123 Å². The Morgan fingerprint density at radius 2 is 2.14 bits per heavy atom. The number of fused-ring (bicyclic) bond motifs is 1. The summed E-state index contributed by atoms with van der Waals surface area (Å²) in [6.45, 7) is 0. The second kappa shape index (κ2) is 5.91. The highest BCUT2D eigenvalue weighted by atomic mass is 16.5. The van der Waals surface area contributed by atoms with Gasteiger partial charge in [-0.3, -0.25) is 4.98 Å². The van der Waals surface area contributed by atoms with Crippen LogP contribution < -0.4 is 4.74 Å². The lowest BCUT2D eigenvalue weighted by Gasteiger charge is -2.25. The van der Waals surface area contributed by atoms with Gasteiger partial charge in [0.2, 0.25) is 5.88 Å². The van der Waals surface area contributed by atoms with Crippen molar-refractivity contribution in [3.63, 3.8) is 0 Å². The predicted octanol–water partition coefficient (Wildman–Crippen LogP) is 2.72. The van der Waals surface area contributed by atoms with Gasteiger partial charge in [0.25, 0.3) is 0 Å². The second-order valence-electron chi connectivity index (χ2n) is 4.93. The van der Waals surface area contributed by atoms with E-state index in [1.54, 1.807) is 0 Å². The van der Waals surface area contributed by atoms with Crippen molar-refractivity contribution in [3.05, 3.63) is 53.5 Å². The van der Waals surface area contributed by atoms with Gasteiger partial charge in [0.15, 0.2) is 5.69 Å². The van der Waals surface area contributed by atoms with Gasteiger partial charge >= 0.3 is 5.97 Å². The molecule has 1 atom stereocenters. The van der Waals surface area contributed by atoms with E-state index in [0.717, 1.165) is 19.3 Å². The van der Waals surface area contributed by atoms with Gasteiger partial charge in [-0.1, -0.05) is 24.3 Å². The molecule has 0 saturated carbocycles. The largest absolute Gasteiger partial charge is 0.468 e. The van der Waals surface area contributed by atoms with Crippen LogP contribution in [0.1, 0.15) is 40.6 Å². The molecule has 0 bridgehead atoms. The van der Waals surface area contributed by atoms with E-state index in [4.69, 9.17) is 4.74 Å². The van der Waals surface area contributed by atoms with Gasteiger partial charge < -0.3 is 9.47 Å². The molecule has 1 aliphatic carbocycles. The van der Waals surface area contributed by atoms with Crippen LogP contribution in [0.25, 0.3) is 0 Å².